The van der Waals surface area contributed by atoms with E-state index in [2.05, 4.69) is 0 Å². The topological polar surface area (TPSA) is 0 Å². The van der Waals surface area contributed by atoms with Crippen molar-refractivity contribution in [3.05, 3.63) is 0 Å². The van der Waals surface area contributed by atoms with Gasteiger partial charge in [0, 0.05) is 0 Å². The Labute approximate surface area is 217 Å². The summed E-state index contributed by atoms with van der Waals surface area (Å²) in [7, 11) is 0. The fourth-order valence-corrected chi connectivity index (χ4v) is 0. The van der Waals surface area contributed by atoms with Crippen molar-refractivity contribution in [2.45, 2.75) is 0 Å². The molecule has 0 spiro atoms. The average Bonchev–Trinajstić information content (AvgIpc) is 0. The van der Waals surface area contributed by atoms with Crippen molar-refractivity contribution in [3.63, 3.8) is 0 Å². The Morgan fingerprint density at radius 2 is 0.250 bits per heavy atom. The Hall–Kier alpha value is 7.06. The van der Waals surface area contributed by atoms with E-state index in [-0.39, 0.29) is 225 Å². The zero-order chi connectivity index (χ0) is 0. The van der Waals surface area contributed by atoms with Crippen LogP contribution in [0.4, 0.5) is 0 Å². The van der Waals surface area contributed by atoms with Crippen molar-refractivity contribution in [1.29, 1.82) is 0 Å². The summed E-state index contributed by atoms with van der Waals surface area (Å²) in [6, 6.07) is 0. The first-order valence-electron chi connectivity index (χ1n) is 0. The van der Waals surface area contributed by atoms with E-state index in [1.54, 1.807) is 0 Å². The van der Waals surface area contributed by atoms with Gasteiger partial charge in [-0.1, -0.05) is 0 Å². The van der Waals surface area contributed by atoms with E-state index in [4.69, 9.17) is 0 Å². The van der Waals surface area contributed by atoms with Crippen molar-refractivity contribution in [1.82, 2.24) is 0 Å². The molecular formula is I6Sm2. The van der Waals surface area contributed by atoms with Crippen molar-refractivity contribution in [3.8, 4) is 0 Å². The molecule has 8 heavy (non-hydrogen) atoms. The first-order valence-corrected chi connectivity index (χ1v) is 0. The molecule has 0 N–H and O–H groups in total. The van der Waals surface area contributed by atoms with Gasteiger partial charge in [0.15, 0.2) is 0 Å². The van der Waals surface area contributed by atoms with Gasteiger partial charge < -0.3 is 144 Å². The fraction of sp³-hybridized carbons (Fsp3) is 0. The second-order valence-electron chi connectivity index (χ2n) is 0. The predicted molar refractivity (Wildman–Crippen MR) is 0 cm³/mol. The van der Waals surface area contributed by atoms with Crippen LogP contribution >= 0.6 is 0 Å². The van der Waals surface area contributed by atoms with Gasteiger partial charge in [0.05, 0.1) is 0 Å². The molecule has 0 nitrogen and oxygen atoms in total. The average molecular weight is 1060 g/mol. The molecule has 0 aromatic carbocycles. The summed E-state index contributed by atoms with van der Waals surface area (Å²) < 4.78 is 0. The Morgan fingerprint density at radius 1 is 0.250 bits per heavy atom. The third-order valence-corrected chi connectivity index (χ3v) is 0. The Morgan fingerprint density at radius 3 is 0.250 bits per heavy atom. The molecule has 0 aromatic heterocycles. The first-order chi connectivity index (χ1) is 0. The van der Waals surface area contributed by atoms with Gasteiger partial charge in [-0.05, 0) is 0 Å². The normalized spacial score (nSPS) is 0. The van der Waals surface area contributed by atoms with E-state index < -0.39 is 0 Å². The van der Waals surface area contributed by atoms with Gasteiger partial charge in [-0.25, -0.2) is 0 Å². The maximum absolute atomic E-state index is 0. The standard InChI is InChI=1S/6HI.2Sm/h6*1H;;/q;;;;;;2*+3/p-6. The zero-order valence-electron chi connectivity index (χ0n) is 3.08. The van der Waals surface area contributed by atoms with Crippen LogP contribution in [0.1, 0.15) is 0 Å². The van der Waals surface area contributed by atoms with E-state index in [1.165, 1.54) is 0 Å². The molecule has 54 valence electrons. The monoisotopic (exact) mass is 1070 g/mol. The van der Waals surface area contributed by atoms with E-state index in [0.717, 1.165) is 0 Å². The van der Waals surface area contributed by atoms with Gasteiger partial charge in [0.1, 0.15) is 0 Å². The van der Waals surface area contributed by atoms with Gasteiger partial charge in [0.2, 0.25) is 0 Å². The smallest absolute Gasteiger partial charge is 1.00 e. The molecule has 0 fully saturated rings. The minimum absolute atomic E-state index is 0. The van der Waals surface area contributed by atoms with Gasteiger partial charge in [0.25, 0.3) is 0 Å². The van der Waals surface area contributed by atoms with Gasteiger partial charge in [-0.2, -0.15) is 0 Å². The second kappa shape index (κ2) is 48.1. The maximum atomic E-state index is 0. The molecule has 0 rings (SSSR count). The van der Waals surface area contributed by atoms with Crippen molar-refractivity contribution in [2.75, 3.05) is 0 Å². The summed E-state index contributed by atoms with van der Waals surface area (Å²) in [6.45, 7) is 0. The van der Waals surface area contributed by atoms with Crippen LogP contribution < -0.4 is 144 Å². The zero-order valence-corrected chi connectivity index (χ0v) is 21.3. The molecule has 0 aliphatic heterocycles. The summed E-state index contributed by atoms with van der Waals surface area (Å²) in [5.41, 5.74) is 0. The summed E-state index contributed by atoms with van der Waals surface area (Å²) in [6.07, 6.45) is 0. The van der Waals surface area contributed by atoms with E-state index in [9.17, 15) is 0 Å². The van der Waals surface area contributed by atoms with Crippen LogP contribution in [-0.4, -0.2) is 0 Å². The predicted octanol–water partition coefficient (Wildman–Crippen LogP) is -18.0. The fourth-order valence-electron chi connectivity index (χ4n) is 0. The molecule has 0 saturated carbocycles. The van der Waals surface area contributed by atoms with Crippen LogP contribution in [0.3, 0.4) is 0 Å². The minimum atomic E-state index is 0. The summed E-state index contributed by atoms with van der Waals surface area (Å²) in [5.74, 6) is 0. The SMILES string of the molecule is [I-].[I-].[I-].[I-].[I-].[I-].[Sm+3].[Sm+3]. The van der Waals surface area contributed by atoms with E-state index >= 15 is 0 Å². The minimum Gasteiger partial charge on any atom is -1.00 e. The Bertz CT molecular complexity index is 6.49. The molecule has 0 atom stereocenters. The first kappa shape index (κ1) is 59.7. The Kier molecular flexibility index (Phi) is 359. The molecule has 0 aliphatic carbocycles. The molecular weight excluding hydrogens is 1060 g/mol. The van der Waals surface area contributed by atoms with Gasteiger partial charge in [-0.15, -0.1) is 0 Å². The van der Waals surface area contributed by atoms with Crippen molar-refractivity contribution < 1.29 is 225 Å². The van der Waals surface area contributed by atoms with Gasteiger partial charge in [-0.3, -0.25) is 0 Å². The third kappa shape index (κ3) is 38.1. The van der Waals surface area contributed by atoms with Crippen LogP contribution in [0.2, 0.25) is 0 Å². The molecule has 0 aromatic rings. The van der Waals surface area contributed by atoms with Crippen molar-refractivity contribution in [2.24, 2.45) is 0 Å². The van der Waals surface area contributed by atoms with Crippen LogP contribution in [-0.2, 0) is 0 Å². The third-order valence-electron chi connectivity index (χ3n) is 0. The number of halogens is 6. The molecule has 2 radical (unpaired) electrons. The molecule has 8 heteroatoms. The van der Waals surface area contributed by atoms with E-state index in [1.807, 2.05) is 0 Å². The largest absolute Gasteiger partial charge is 3.00 e. The number of rotatable bonds is 0. The van der Waals surface area contributed by atoms with Crippen LogP contribution in [0.15, 0.2) is 0 Å². The summed E-state index contributed by atoms with van der Waals surface area (Å²) in [4.78, 5) is 0. The molecule has 0 amide bonds. The van der Waals surface area contributed by atoms with Gasteiger partial charge >= 0.3 is 80.8 Å². The van der Waals surface area contributed by atoms with Crippen LogP contribution in [0, 0.1) is 80.8 Å². The number of hydrogen-bond acceptors (Lipinski definition) is 0. The van der Waals surface area contributed by atoms with Crippen molar-refractivity contribution >= 4 is 0 Å². The van der Waals surface area contributed by atoms with Crippen LogP contribution in [0.25, 0.3) is 0 Å². The molecule has 0 saturated heterocycles. The summed E-state index contributed by atoms with van der Waals surface area (Å²) >= 11 is 0. The molecule has 0 unspecified atom stereocenters. The molecule has 0 bridgehead atoms. The maximum Gasteiger partial charge on any atom is 3.00 e. The quantitative estimate of drug-likeness (QED) is 0.212. The molecule has 0 heterocycles. The number of hydrogen-bond donors (Lipinski definition) is 0. The second-order valence-corrected chi connectivity index (χ2v) is 0. The molecule has 0 aliphatic rings. The summed E-state index contributed by atoms with van der Waals surface area (Å²) in [5, 5.41) is 0. The van der Waals surface area contributed by atoms with E-state index in [0.29, 0.717) is 0 Å². The Balaban J connectivity index is 0. The van der Waals surface area contributed by atoms with Crippen LogP contribution in [0.5, 0.6) is 0 Å².